The van der Waals surface area contributed by atoms with Gasteiger partial charge in [0.15, 0.2) is 0 Å². The van der Waals surface area contributed by atoms with E-state index < -0.39 is 6.04 Å². The van der Waals surface area contributed by atoms with Crippen LogP contribution in [0.5, 0.6) is 0 Å². The highest BCUT2D eigenvalue weighted by Gasteiger charge is 2.19. The Morgan fingerprint density at radius 2 is 2.14 bits per heavy atom. The van der Waals surface area contributed by atoms with Crippen molar-refractivity contribution in [2.24, 2.45) is 11.7 Å². The Hall–Kier alpha value is -0.830. The van der Waals surface area contributed by atoms with Gasteiger partial charge in [0.1, 0.15) is 0 Å². The Morgan fingerprint density at radius 1 is 1.57 bits per heavy atom. The molecule has 0 fully saturated rings. The lowest BCUT2D eigenvalue weighted by Gasteiger charge is -2.20. The molecular weight excluding hydrogens is 176 g/mol. The largest absolute Gasteiger partial charge is 0.352 e. The van der Waals surface area contributed by atoms with Crippen molar-refractivity contribution in [2.45, 2.75) is 45.7 Å². The normalized spacial score (nSPS) is 16.9. The third-order valence-electron chi connectivity index (χ3n) is 2.47. The van der Waals surface area contributed by atoms with E-state index in [9.17, 15) is 4.79 Å². The van der Waals surface area contributed by atoms with Crippen LogP contribution in [0.3, 0.4) is 0 Å². The van der Waals surface area contributed by atoms with Crippen molar-refractivity contribution >= 4 is 5.91 Å². The Labute approximate surface area is 86.8 Å². The molecular formula is C11H22N2O. The monoisotopic (exact) mass is 198 g/mol. The molecule has 0 saturated carbocycles. The highest BCUT2D eigenvalue weighted by molar-refractivity contribution is 5.82. The van der Waals surface area contributed by atoms with E-state index in [1.807, 2.05) is 20.8 Å². The Kier molecular flexibility index (Phi) is 6.21. The molecule has 0 aliphatic heterocycles. The van der Waals surface area contributed by atoms with Gasteiger partial charge in [0, 0.05) is 6.04 Å². The van der Waals surface area contributed by atoms with Crippen molar-refractivity contribution in [3.05, 3.63) is 12.7 Å². The summed E-state index contributed by atoms with van der Waals surface area (Å²) in [6.45, 7) is 9.59. The highest BCUT2D eigenvalue weighted by Crippen LogP contribution is 2.05. The van der Waals surface area contributed by atoms with Gasteiger partial charge < -0.3 is 11.1 Å². The summed E-state index contributed by atoms with van der Waals surface area (Å²) in [5, 5.41) is 2.86. The molecule has 0 heterocycles. The molecule has 0 aromatic carbocycles. The van der Waals surface area contributed by atoms with Crippen molar-refractivity contribution in [1.82, 2.24) is 5.32 Å². The molecule has 0 radical (unpaired) electrons. The lowest BCUT2D eigenvalue weighted by atomic mass is 9.99. The number of rotatable bonds is 6. The first-order chi connectivity index (χ1) is 6.52. The summed E-state index contributed by atoms with van der Waals surface area (Å²) in [5.74, 6) is 0.166. The fourth-order valence-electron chi connectivity index (χ4n) is 1.16. The van der Waals surface area contributed by atoms with Gasteiger partial charge in [-0.2, -0.15) is 0 Å². The SMILES string of the molecule is C=CCC(C)NC(=O)[C@@H](N)[C@@H](C)CC. The number of amides is 1. The molecule has 0 aromatic heterocycles. The average molecular weight is 198 g/mol. The van der Waals surface area contributed by atoms with E-state index in [1.165, 1.54) is 0 Å². The molecule has 0 aliphatic rings. The van der Waals surface area contributed by atoms with Crippen LogP contribution in [0.4, 0.5) is 0 Å². The molecule has 0 saturated heterocycles. The molecule has 0 aliphatic carbocycles. The van der Waals surface area contributed by atoms with Crippen LogP contribution in [-0.4, -0.2) is 18.0 Å². The minimum absolute atomic E-state index is 0.0614. The summed E-state index contributed by atoms with van der Waals surface area (Å²) < 4.78 is 0. The molecule has 0 bridgehead atoms. The van der Waals surface area contributed by atoms with Crippen LogP contribution >= 0.6 is 0 Å². The first kappa shape index (κ1) is 13.2. The minimum Gasteiger partial charge on any atom is -0.352 e. The van der Waals surface area contributed by atoms with E-state index in [0.29, 0.717) is 0 Å². The van der Waals surface area contributed by atoms with E-state index in [1.54, 1.807) is 6.08 Å². The van der Waals surface area contributed by atoms with Gasteiger partial charge >= 0.3 is 0 Å². The van der Waals surface area contributed by atoms with Crippen molar-refractivity contribution in [3.8, 4) is 0 Å². The summed E-state index contributed by atoms with van der Waals surface area (Å²) in [4.78, 5) is 11.6. The molecule has 1 amide bonds. The van der Waals surface area contributed by atoms with Crippen LogP contribution in [0.1, 0.15) is 33.6 Å². The predicted molar refractivity (Wildman–Crippen MR) is 59.8 cm³/mol. The van der Waals surface area contributed by atoms with E-state index in [2.05, 4.69) is 11.9 Å². The van der Waals surface area contributed by atoms with Crippen molar-refractivity contribution in [3.63, 3.8) is 0 Å². The van der Waals surface area contributed by atoms with Crippen molar-refractivity contribution in [1.29, 1.82) is 0 Å². The van der Waals surface area contributed by atoms with Crippen LogP contribution in [0.2, 0.25) is 0 Å². The zero-order valence-electron chi connectivity index (χ0n) is 9.42. The van der Waals surface area contributed by atoms with Crippen LogP contribution in [0.15, 0.2) is 12.7 Å². The lowest BCUT2D eigenvalue weighted by molar-refractivity contribution is -0.124. The summed E-state index contributed by atoms with van der Waals surface area (Å²) in [7, 11) is 0. The second-order valence-corrected chi connectivity index (χ2v) is 3.85. The topological polar surface area (TPSA) is 55.1 Å². The van der Waals surface area contributed by atoms with Gasteiger partial charge in [-0.15, -0.1) is 6.58 Å². The fraction of sp³-hybridized carbons (Fsp3) is 0.727. The number of carbonyl (C=O) groups excluding carboxylic acids is 1. The zero-order chi connectivity index (χ0) is 11.1. The number of carbonyl (C=O) groups is 1. The molecule has 14 heavy (non-hydrogen) atoms. The summed E-state index contributed by atoms with van der Waals surface area (Å²) in [6.07, 6.45) is 3.49. The quantitative estimate of drug-likeness (QED) is 0.634. The van der Waals surface area contributed by atoms with Gasteiger partial charge in [-0.1, -0.05) is 26.3 Å². The van der Waals surface area contributed by atoms with E-state index in [4.69, 9.17) is 5.73 Å². The number of hydrogen-bond donors (Lipinski definition) is 2. The second kappa shape index (κ2) is 6.60. The van der Waals surface area contributed by atoms with Gasteiger partial charge in [-0.25, -0.2) is 0 Å². The molecule has 82 valence electrons. The summed E-state index contributed by atoms with van der Waals surface area (Å²) in [6, 6.07) is -0.276. The molecule has 1 unspecified atom stereocenters. The number of nitrogens with two attached hydrogens (primary N) is 1. The maximum Gasteiger partial charge on any atom is 0.237 e. The van der Waals surface area contributed by atoms with E-state index >= 15 is 0 Å². The van der Waals surface area contributed by atoms with Crippen LogP contribution in [-0.2, 0) is 4.79 Å². The van der Waals surface area contributed by atoms with E-state index in [0.717, 1.165) is 12.8 Å². The first-order valence-corrected chi connectivity index (χ1v) is 5.19. The maximum absolute atomic E-state index is 11.6. The molecule has 0 rings (SSSR count). The number of hydrogen-bond acceptors (Lipinski definition) is 2. The first-order valence-electron chi connectivity index (χ1n) is 5.19. The Bertz CT molecular complexity index is 192. The third kappa shape index (κ3) is 4.42. The standard InChI is InChI=1S/C11H22N2O/c1-5-7-9(4)13-11(14)10(12)8(3)6-2/h5,8-10H,1,6-7,12H2,2-4H3,(H,13,14)/t8-,9?,10-/m0/s1. The maximum atomic E-state index is 11.6. The molecule has 0 spiro atoms. The molecule has 0 aromatic rings. The van der Waals surface area contributed by atoms with Gasteiger partial charge in [-0.3, -0.25) is 4.79 Å². The van der Waals surface area contributed by atoms with Gasteiger partial charge in [0.05, 0.1) is 6.04 Å². The Morgan fingerprint density at radius 3 is 2.57 bits per heavy atom. The zero-order valence-corrected chi connectivity index (χ0v) is 9.42. The van der Waals surface area contributed by atoms with Gasteiger partial charge in [0.25, 0.3) is 0 Å². The molecule has 3 atom stereocenters. The molecule has 3 heteroatoms. The predicted octanol–water partition coefficient (Wildman–Crippen LogP) is 1.44. The minimum atomic E-state index is -0.396. The van der Waals surface area contributed by atoms with Crippen LogP contribution < -0.4 is 11.1 Å². The fourth-order valence-corrected chi connectivity index (χ4v) is 1.16. The van der Waals surface area contributed by atoms with Crippen molar-refractivity contribution < 1.29 is 4.79 Å². The number of nitrogens with one attached hydrogen (secondary N) is 1. The lowest BCUT2D eigenvalue weighted by Crippen LogP contribution is -2.47. The Balaban J connectivity index is 4.00. The van der Waals surface area contributed by atoms with Crippen molar-refractivity contribution in [2.75, 3.05) is 0 Å². The molecule has 3 nitrogen and oxygen atoms in total. The average Bonchev–Trinajstić information content (AvgIpc) is 2.15. The smallest absolute Gasteiger partial charge is 0.237 e. The molecule has 3 N–H and O–H groups in total. The van der Waals surface area contributed by atoms with Crippen LogP contribution in [0, 0.1) is 5.92 Å². The van der Waals surface area contributed by atoms with Crippen LogP contribution in [0.25, 0.3) is 0 Å². The van der Waals surface area contributed by atoms with Gasteiger partial charge in [0.2, 0.25) is 5.91 Å². The summed E-state index contributed by atoms with van der Waals surface area (Å²) in [5.41, 5.74) is 5.78. The summed E-state index contributed by atoms with van der Waals surface area (Å²) >= 11 is 0. The highest BCUT2D eigenvalue weighted by atomic mass is 16.2. The van der Waals surface area contributed by atoms with Gasteiger partial charge in [-0.05, 0) is 19.3 Å². The second-order valence-electron chi connectivity index (χ2n) is 3.85. The van der Waals surface area contributed by atoms with E-state index in [-0.39, 0.29) is 17.9 Å². The third-order valence-corrected chi connectivity index (χ3v) is 2.47.